The second kappa shape index (κ2) is 5.51. The first kappa shape index (κ1) is 13.1. The number of nitrogens with zero attached hydrogens (tertiary/aromatic N) is 1. The van der Waals surface area contributed by atoms with Gasteiger partial charge in [-0.2, -0.15) is 0 Å². The van der Waals surface area contributed by atoms with Gasteiger partial charge in [-0.05, 0) is 49.2 Å². The number of hydrogen-bond acceptors (Lipinski definition) is 2. The summed E-state index contributed by atoms with van der Waals surface area (Å²) in [4.78, 5) is 4.31. The van der Waals surface area contributed by atoms with Gasteiger partial charge in [0.25, 0.3) is 0 Å². The summed E-state index contributed by atoms with van der Waals surface area (Å²) in [5.74, 6) is 0. The van der Waals surface area contributed by atoms with E-state index >= 15 is 0 Å². The molecule has 0 bridgehead atoms. The molecule has 1 aromatic carbocycles. The zero-order valence-corrected chi connectivity index (χ0v) is 11.3. The van der Waals surface area contributed by atoms with Crippen molar-refractivity contribution < 1.29 is 5.11 Å². The third kappa shape index (κ3) is 3.31. The van der Waals surface area contributed by atoms with Gasteiger partial charge in [0.05, 0.1) is 6.10 Å². The van der Waals surface area contributed by atoms with Crippen molar-refractivity contribution in [3.63, 3.8) is 0 Å². The van der Waals surface area contributed by atoms with E-state index in [1.54, 1.807) is 0 Å². The first-order valence-corrected chi connectivity index (χ1v) is 6.30. The molecule has 0 radical (unpaired) electrons. The van der Waals surface area contributed by atoms with Crippen molar-refractivity contribution in [1.29, 1.82) is 0 Å². The lowest BCUT2D eigenvalue weighted by Crippen LogP contribution is -2.03. The van der Waals surface area contributed by atoms with Crippen molar-refractivity contribution in [3.8, 4) is 0 Å². The van der Waals surface area contributed by atoms with Gasteiger partial charge in [0.1, 0.15) is 0 Å². The van der Waals surface area contributed by atoms with E-state index in [0.29, 0.717) is 11.4 Å². The molecule has 2 rings (SSSR count). The van der Waals surface area contributed by atoms with Gasteiger partial charge in [0.15, 0.2) is 0 Å². The van der Waals surface area contributed by atoms with E-state index in [1.807, 2.05) is 50.2 Å². The number of halogens is 1. The van der Waals surface area contributed by atoms with E-state index < -0.39 is 6.10 Å². The summed E-state index contributed by atoms with van der Waals surface area (Å²) in [7, 11) is 0. The standard InChI is InChI=1S/C15H16ClNO/c1-10-7-13(8-11(2)17-10)15(18)9-12-3-5-14(16)6-4-12/h3-8,15,18H,9H2,1-2H3. The summed E-state index contributed by atoms with van der Waals surface area (Å²) in [6.07, 6.45) is 0.0756. The van der Waals surface area contributed by atoms with Crippen LogP contribution in [0.4, 0.5) is 0 Å². The molecule has 0 saturated heterocycles. The maximum absolute atomic E-state index is 10.2. The molecule has 18 heavy (non-hydrogen) atoms. The van der Waals surface area contributed by atoms with Gasteiger partial charge < -0.3 is 5.11 Å². The number of aliphatic hydroxyl groups excluding tert-OH is 1. The minimum Gasteiger partial charge on any atom is -0.388 e. The number of pyridine rings is 1. The molecule has 2 aromatic rings. The van der Waals surface area contributed by atoms with Gasteiger partial charge in [0.2, 0.25) is 0 Å². The molecule has 0 aliphatic heterocycles. The highest BCUT2D eigenvalue weighted by molar-refractivity contribution is 6.30. The summed E-state index contributed by atoms with van der Waals surface area (Å²) >= 11 is 5.84. The second-order valence-corrected chi connectivity index (χ2v) is 4.97. The number of aliphatic hydroxyl groups is 1. The van der Waals surface area contributed by atoms with Crippen molar-refractivity contribution in [2.75, 3.05) is 0 Å². The fourth-order valence-corrected chi connectivity index (χ4v) is 2.15. The van der Waals surface area contributed by atoms with Gasteiger partial charge in [0, 0.05) is 22.8 Å². The van der Waals surface area contributed by atoms with Crippen LogP contribution in [0.3, 0.4) is 0 Å². The SMILES string of the molecule is Cc1cc(C(O)Cc2ccc(Cl)cc2)cc(C)n1. The first-order chi connectivity index (χ1) is 8.54. The Morgan fingerprint density at radius 2 is 1.67 bits per heavy atom. The van der Waals surface area contributed by atoms with Crippen molar-refractivity contribution >= 4 is 11.6 Å². The minimum absolute atomic E-state index is 0.508. The summed E-state index contributed by atoms with van der Waals surface area (Å²) in [5.41, 5.74) is 3.84. The molecule has 0 fully saturated rings. The number of aromatic nitrogens is 1. The molecular formula is C15H16ClNO. The quantitative estimate of drug-likeness (QED) is 0.915. The first-order valence-electron chi connectivity index (χ1n) is 5.92. The number of aryl methyl sites for hydroxylation is 2. The van der Waals surface area contributed by atoms with E-state index in [4.69, 9.17) is 11.6 Å². The van der Waals surface area contributed by atoms with Crippen LogP contribution >= 0.6 is 11.6 Å². The van der Waals surface area contributed by atoms with Crippen LogP contribution in [0.15, 0.2) is 36.4 Å². The molecule has 0 aliphatic carbocycles. The molecule has 1 unspecified atom stereocenters. The van der Waals surface area contributed by atoms with Crippen LogP contribution in [0, 0.1) is 13.8 Å². The summed E-state index contributed by atoms with van der Waals surface area (Å²) in [6.45, 7) is 3.87. The Balaban J connectivity index is 2.16. The van der Waals surface area contributed by atoms with Crippen LogP contribution in [0.5, 0.6) is 0 Å². The molecular weight excluding hydrogens is 246 g/mol. The molecule has 1 atom stereocenters. The Hall–Kier alpha value is -1.38. The molecule has 0 saturated carbocycles. The van der Waals surface area contributed by atoms with Crippen LogP contribution < -0.4 is 0 Å². The predicted octanol–water partition coefficient (Wildman–Crippen LogP) is 3.63. The molecule has 1 N–H and O–H groups in total. The minimum atomic E-state index is -0.508. The van der Waals surface area contributed by atoms with E-state index in [1.165, 1.54) is 0 Å². The molecule has 1 aromatic heterocycles. The molecule has 3 heteroatoms. The predicted molar refractivity (Wildman–Crippen MR) is 73.8 cm³/mol. The number of rotatable bonds is 3. The Morgan fingerprint density at radius 1 is 1.11 bits per heavy atom. The van der Waals surface area contributed by atoms with Gasteiger partial charge in [-0.25, -0.2) is 0 Å². The maximum Gasteiger partial charge on any atom is 0.0831 e. The maximum atomic E-state index is 10.2. The van der Waals surface area contributed by atoms with E-state index in [-0.39, 0.29) is 0 Å². The topological polar surface area (TPSA) is 33.1 Å². The van der Waals surface area contributed by atoms with E-state index in [0.717, 1.165) is 22.5 Å². The highest BCUT2D eigenvalue weighted by Gasteiger charge is 2.10. The average Bonchev–Trinajstić information content (AvgIpc) is 2.31. The van der Waals surface area contributed by atoms with Crippen molar-refractivity contribution in [2.45, 2.75) is 26.4 Å². The Labute approximate surface area is 112 Å². The zero-order chi connectivity index (χ0) is 13.1. The van der Waals surface area contributed by atoms with Gasteiger partial charge >= 0.3 is 0 Å². The lowest BCUT2D eigenvalue weighted by atomic mass is 10.0. The van der Waals surface area contributed by atoms with E-state index in [9.17, 15) is 5.11 Å². The number of hydrogen-bond donors (Lipinski definition) is 1. The van der Waals surface area contributed by atoms with Gasteiger partial charge in [-0.1, -0.05) is 23.7 Å². The summed E-state index contributed by atoms with van der Waals surface area (Å²) in [6, 6.07) is 11.4. The average molecular weight is 262 g/mol. The third-order valence-corrected chi connectivity index (χ3v) is 3.08. The Morgan fingerprint density at radius 3 is 2.22 bits per heavy atom. The monoisotopic (exact) mass is 261 g/mol. The lowest BCUT2D eigenvalue weighted by Gasteiger charge is -2.12. The number of benzene rings is 1. The normalized spacial score (nSPS) is 12.4. The highest BCUT2D eigenvalue weighted by Crippen LogP contribution is 2.20. The Kier molecular flexibility index (Phi) is 4.00. The van der Waals surface area contributed by atoms with Crippen LogP contribution in [0.2, 0.25) is 5.02 Å². The van der Waals surface area contributed by atoms with Crippen molar-refractivity contribution in [1.82, 2.24) is 4.98 Å². The van der Waals surface area contributed by atoms with E-state index in [2.05, 4.69) is 4.98 Å². The van der Waals surface area contributed by atoms with Crippen molar-refractivity contribution in [2.24, 2.45) is 0 Å². The van der Waals surface area contributed by atoms with Gasteiger partial charge in [-0.3, -0.25) is 4.98 Å². The smallest absolute Gasteiger partial charge is 0.0831 e. The molecule has 0 aliphatic rings. The summed E-state index contributed by atoms with van der Waals surface area (Å²) < 4.78 is 0. The fourth-order valence-electron chi connectivity index (χ4n) is 2.02. The summed E-state index contributed by atoms with van der Waals surface area (Å²) in [5, 5.41) is 10.9. The Bertz CT molecular complexity index is 516. The molecule has 2 nitrogen and oxygen atoms in total. The molecule has 1 heterocycles. The highest BCUT2D eigenvalue weighted by atomic mass is 35.5. The van der Waals surface area contributed by atoms with Gasteiger partial charge in [-0.15, -0.1) is 0 Å². The van der Waals surface area contributed by atoms with Crippen molar-refractivity contribution in [3.05, 3.63) is 63.9 Å². The lowest BCUT2D eigenvalue weighted by molar-refractivity contribution is 0.178. The molecule has 0 amide bonds. The molecule has 94 valence electrons. The fraction of sp³-hybridized carbons (Fsp3) is 0.267. The van der Waals surface area contributed by atoms with Crippen LogP contribution in [-0.2, 0) is 6.42 Å². The third-order valence-electron chi connectivity index (χ3n) is 2.83. The molecule has 0 spiro atoms. The second-order valence-electron chi connectivity index (χ2n) is 4.53. The van der Waals surface area contributed by atoms with Crippen LogP contribution in [0.1, 0.15) is 28.6 Å². The van der Waals surface area contributed by atoms with Crippen LogP contribution in [0.25, 0.3) is 0 Å². The largest absolute Gasteiger partial charge is 0.388 e. The zero-order valence-electron chi connectivity index (χ0n) is 10.5. The van der Waals surface area contributed by atoms with Crippen LogP contribution in [-0.4, -0.2) is 10.1 Å².